The number of allylic oxidation sites excluding steroid dienone is 2. The average molecular weight is 401 g/mol. The van der Waals surface area contributed by atoms with Gasteiger partial charge < -0.3 is 4.74 Å². The number of methoxy groups -OCH3 is 1. The number of benzene rings is 2. The number of anilines is 1. The number of hydrogen-bond donors (Lipinski definition) is 2. The topological polar surface area (TPSA) is 96.9 Å². The Bertz CT molecular complexity index is 1010. The molecule has 1 amide bonds. The van der Waals surface area contributed by atoms with Crippen LogP contribution in [0.15, 0.2) is 70.2 Å². The number of amides is 1. The summed E-state index contributed by atoms with van der Waals surface area (Å²) in [7, 11) is -2.32. The molecule has 2 aromatic carbocycles. The Hall–Kier alpha value is -3.13. The van der Waals surface area contributed by atoms with Gasteiger partial charge in [0.25, 0.3) is 15.9 Å². The van der Waals surface area contributed by atoms with Crippen LogP contribution >= 0.6 is 0 Å². The summed E-state index contributed by atoms with van der Waals surface area (Å²) in [6, 6.07) is 12.2. The summed E-state index contributed by atoms with van der Waals surface area (Å²) in [5, 5.41) is 3.98. The third kappa shape index (κ3) is 5.95. The van der Waals surface area contributed by atoms with Crippen LogP contribution in [0.5, 0.6) is 5.75 Å². The molecule has 7 nitrogen and oxygen atoms in total. The van der Waals surface area contributed by atoms with E-state index >= 15 is 0 Å². The van der Waals surface area contributed by atoms with Crippen LogP contribution in [0.1, 0.15) is 31.1 Å². The zero-order valence-electron chi connectivity index (χ0n) is 16.2. The largest absolute Gasteiger partial charge is 0.497 e. The van der Waals surface area contributed by atoms with E-state index in [0.29, 0.717) is 17.1 Å². The van der Waals surface area contributed by atoms with Crippen molar-refractivity contribution in [2.24, 2.45) is 5.10 Å². The number of nitrogens with zero attached hydrogens (tertiary/aromatic N) is 1. The highest BCUT2D eigenvalue weighted by Gasteiger charge is 2.16. The number of nitrogens with one attached hydrogen (secondary N) is 2. The molecule has 8 heteroatoms. The van der Waals surface area contributed by atoms with Crippen molar-refractivity contribution in [2.75, 3.05) is 11.8 Å². The molecule has 0 fully saturated rings. The summed E-state index contributed by atoms with van der Waals surface area (Å²) >= 11 is 0. The van der Waals surface area contributed by atoms with Gasteiger partial charge in [0.15, 0.2) is 0 Å². The maximum absolute atomic E-state index is 12.6. The van der Waals surface area contributed by atoms with Crippen molar-refractivity contribution in [3.05, 3.63) is 65.7 Å². The predicted octanol–water partition coefficient (Wildman–Crippen LogP) is 3.57. The first kappa shape index (κ1) is 21.2. The summed E-state index contributed by atoms with van der Waals surface area (Å²) in [6.07, 6.45) is 1.82. The first-order valence-corrected chi connectivity index (χ1v) is 9.96. The average Bonchev–Trinajstić information content (AvgIpc) is 2.66. The van der Waals surface area contributed by atoms with E-state index in [1.807, 2.05) is 19.9 Å². The van der Waals surface area contributed by atoms with Crippen molar-refractivity contribution < 1.29 is 17.9 Å². The smallest absolute Gasteiger partial charge is 0.271 e. The maximum atomic E-state index is 12.6. The van der Waals surface area contributed by atoms with E-state index in [0.717, 1.165) is 5.57 Å². The van der Waals surface area contributed by atoms with Gasteiger partial charge in [0.05, 0.1) is 17.7 Å². The molecule has 0 bridgehead atoms. The Balaban J connectivity index is 2.18. The summed E-state index contributed by atoms with van der Waals surface area (Å²) in [5.41, 5.74) is 4.68. The number of rotatable bonds is 7. The minimum absolute atomic E-state index is 0.0269. The second-order valence-electron chi connectivity index (χ2n) is 6.28. The minimum atomic E-state index is -3.85. The van der Waals surface area contributed by atoms with Crippen molar-refractivity contribution in [1.82, 2.24) is 5.43 Å². The lowest BCUT2D eigenvalue weighted by atomic mass is 10.2. The molecule has 0 aromatic heterocycles. The lowest BCUT2D eigenvalue weighted by molar-refractivity contribution is 0.0954. The van der Waals surface area contributed by atoms with E-state index in [-0.39, 0.29) is 10.5 Å². The van der Waals surface area contributed by atoms with Crippen LogP contribution < -0.4 is 14.9 Å². The van der Waals surface area contributed by atoms with Crippen molar-refractivity contribution in [3.63, 3.8) is 0 Å². The highest BCUT2D eigenvalue weighted by atomic mass is 32.2. The van der Waals surface area contributed by atoms with Gasteiger partial charge >= 0.3 is 0 Å². The molecule has 0 heterocycles. The second-order valence-corrected chi connectivity index (χ2v) is 7.96. The van der Waals surface area contributed by atoms with Crippen LogP contribution in [-0.2, 0) is 10.0 Å². The van der Waals surface area contributed by atoms with Crippen LogP contribution in [0.3, 0.4) is 0 Å². The molecule has 0 spiro atoms. The van der Waals surface area contributed by atoms with Crippen molar-refractivity contribution in [3.8, 4) is 5.75 Å². The van der Waals surface area contributed by atoms with Crippen LogP contribution in [0.25, 0.3) is 0 Å². The molecule has 0 aliphatic heterocycles. The van der Waals surface area contributed by atoms with Gasteiger partial charge in [-0.15, -0.1) is 0 Å². The fourth-order valence-electron chi connectivity index (χ4n) is 2.33. The molecular weight excluding hydrogens is 378 g/mol. The molecule has 0 saturated carbocycles. The van der Waals surface area contributed by atoms with E-state index in [9.17, 15) is 13.2 Å². The number of sulfonamides is 1. The quantitative estimate of drug-likeness (QED) is 0.547. The lowest BCUT2D eigenvalue weighted by Gasteiger charge is -2.10. The molecule has 2 aromatic rings. The fourth-order valence-corrected chi connectivity index (χ4v) is 3.44. The molecule has 0 aliphatic rings. The number of carbonyl (C=O) groups is 1. The number of ether oxygens (including phenoxy) is 1. The minimum Gasteiger partial charge on any atom is -0.497 e. The number of carbonyl (C=O) groups excluding carboxylic acids is 1. The molecule has 0 radical (unpaired) electrons. The Morgan fingerprint density at radius 1 is 1.07 bits per heavy atom. The van der Waals surface area contributed by atoms with E-state index in [1.54, 1.807) is 31.2 Å². The highest BCUT2D eigenvalue weighted by Crippen LogP contribution is 2.20. The number of hydrazone groups is 1. The summed E-state index contributed by atoms with van der Waals surface area (Å²) < 4.78 is 32.7. The van der Waals surface area contributed by atoms with Gasteiger partial charge in [0.1, 0.15) is 5.75 Å². The first-order chi connectivity index (χ1) is 13.2. The van der Waals surface area contributed by atoms with Gasteiger partial charge in [-0.05, 0) is 69.3 Å². The van der Waals surface area contributed by atoms with Gasteiger partial charge in [0.2, 0.25) is 0 Å². The molecule has 0 atom stereocenters. The summed E-state index contributed by atoms with van der Waals surface area (Å²) in [4.78, 5) is 12.2. The normalized spacial score (nSPS) is 11.5. The molecule has 2 N–H and O–H groups in total. The Kier molecular flexibility index (Phi) is 6.94. The van der Waals surface area contributed by atoms with Gasteiger partial charge in [-0.1, -0.05) is 11.6 Å². The zero-order chi connectivity index (χ0) is 20.7. The standard InChI is InChI=1S/C20H23N3O4S/c1-14(2)12-15(3)21-22-20(24)16-6-5-7-19(13-16)28(25,26)23-17-8-10-18(27-4)11-9-17/h5-13,23H,1-4H3,(H,22,24)/b21-15-. The molecule has 0 unspecified atom stereocenters. The van der Waals surface area contributed by atoms with Crippen molar-refractivity contribution in [2.45, 2.75) is 25.7 Å². The molecule has 2 rings (SSSR count). The summed E-state index contributed by atoms with van der Waals surface area (Å²) in [6.45, 7) is 5.60. The van der Waals surface area contributed by atoms with Crippen LogP contribution in [0, 0.1) is 0 Å². The molecular formula is C20H23N3O4S. The zero-order valence-corrected chi connectivity index (χ0v) is 17.0. The molecule has 0 aliphatic carbocycles. The third-order valence-electron chi connectivity index (χ3n) is 3.58. The Labute approximate surface area is 165 Å². The third-order valence-corrected chi connectivity index (χ3v) is 4.96. The van der Waals surface area contributed by atoms with Gasteiger partial charge in [-0.2, -0.15) is 5.10 Å². The van der Waals surface area contributed by atoms with Crippen molar-refractivity contribution in [1.29, 1.82) is 0 Å². The van der Waals surface area contributed by atoms with Crippen LogP contribution in [0.2, 0.25) is 0 Å². The molecule has 0 saturated heterocycles. The Morgan fingerprint density at radius 2 is 1.75 bits per heavy atom. The fraction of sp³-hybridized carbons (Fsp3) is 0.200. The van der Waals surface area contributed by atoms with Gasteiger partial charge in [-0.3, -0.25) is 9.52 Å². The van der Waals surface area contributed by atoms with Crippen molar-refractivity contribution >= 4 is 27.3 Å². The maximum Gasteiger partial charge on any atom is 0.271 e. The van der Waals surface area contributed by atoms with Crippen LogP contribution in [0.4, 0.5) is 5.69 Å². The van der Waals surface area contributed by atoms with E-state index in [4.69, 9.17) is 4.74 Å². The van der Waals surface area contributed by atoms with Gasteiger partial charge in [0, 0.05) is 11.3 Å². The van der Waals surface area contributed by atoms with Crippen LogP contribution in [-0.4, -0.2) is 27.1 Å². The number of hydrogen-bond acceptors (Lipinski definition) is 5. The Morgan fingerprint density at radius 3 is 2.36 bits per heavy atom. The van der Waals surface area contributed by atoms with E-state index in [1.165, 1.54) is 31.4 Å². The summed E-state index contributed by atoms with van der Waals surface area (Å²) in [5.74, 6) is 0.119. The first-order valence-electron chi connectivity index (χ1n) is 8.48. The predicted molar refractivity (Wildman–Crippen MR) is 110 cm³/mol. The highest BCUT2D eigenvalue weighted by molar-refractivity contribution is 7.92. The second kappa shape index (κ2) is 9.18. The van der Waals surface area contributed by atoms with E-state index < -0.39 is 15.9 Å². The molecule has 148 valence electrons. The lowest BCUT2D eigenvalue weighted by Crippen LogP contribution is -2.20. The monoisotopic (exact) mass is 401 g/mol. The molecule has 28 heavy (non-hydrogen) atoms. The SMILES string of the molecule is COc1ccc(NS(=O)(=O)c2cccc(C(=O)N/N=C(/C)C=C(C)C)c2)cc1. The van der Waals surface area contributed by atoms with E-state index in [2.05, 4.69) is 15.2 Å². The van der Waals surface area contributed by atoms with Gasteiger partial charge in [-0.25, -0.2) is 13.8 Å².